The Kier molecular flexibility index (Phi) is 5.16. The normalized spacial score (nSPS) is 23.3. The van der Waals surface area contributed by atoms with Crippen molar-refractivity contribution in [2.45, 2.75) is 38.3 Å². The molecule has 0 aliphatic heterocycles. The van der Waals surface area contributed by atoms with E-state index in [9.17, 15) is 9.50 Å². The second-order valence-electron chi connectivity index (χ2n) is 5.21. The van der Waals surface area contributed by atoms with Gasteiger partial charge in [0.25, 0.3) is 0 Å². The van der Waals surface area contributed by atoms with Crippen molar-refractivity contribution >= 4 is 0 Å². The fraction of sp³-hybridized carbons (Fsp3) is 0.600. The Labute approximate surface area is 113 Å². The van der Waals surface area contributed by atoms with Crippen molar-refractivity contribution in [1.29, 1.82) is 0 Å². The Hall–Kier alpha value is -1.13. The molecule has 2 N–H and O–H groups in total. The second kappa shape index (κ2) is 6.87. The minimum Gasteiger partial charge on any atom is -0.494 e. The highest BCUT2D eigenvalue weighted by atomic mass is 19.1. The van der Waals surface area contributed by atoms with Crippen molar-refractivity contribution in [1.82, 2.24) is 5.32 Å². The topological polar surface area (TPSA) is 41.5 Å². The van der Waals surface area contributed by atoms with E-state index in [1.54, 1.807) is 6.07 Å². The van der Waals surface area contributed by atoms with Crippen LogP contribution in [0.15, 0.2) is 18.2 Å². The molecule has 2 rings (SSSR count). The zero-order chi connectivity index (χ0) is 13.7. The molecule has 19 heavy (non-hydrogen) atoms. The summed E-state index contributed by atoms with van der Waals surface area (Å²) >= 11 is 0. The van der Waals surface area contributed by atoms with Crippen LogP contribution in [0.3, 0.4) is 0 Å². The lowest BCUT2D eigenvalue weighted by atomic mass is 9.86. The fourth-order valence-corrected chi connectivity index (χ4v) is 2.65. The summed E-state index contributed by atoms with van der Waals surface area (Å²) < 4.78 is 18.4. The number of nitrogens with one attached hydrogen (secondary N) is 1. The molecule has 1 aliphatic rings. The molecule has 0 saturated heterocycles. The summed E-state index contributed by atoms with van der Waals surface area (Å²) in [7, 11) is 1.46. The van der Waals surface area contributed by atoms with Crippen molar-refractivity contribution in [3.8, 4) is 5.75 Å². The maximum atomic E-state index is 13.5. The number of halogens is 1. The van der Waals surface area contributed by atoms with E-state index in [-0.39, 0.29) is 17.7 Å². The molecule has 2 atom stereocenters. The molecular weight excluding hydrogens is 245 g/mol. The summed E-state index contributed by atoms with van der Waals surface area (Å²) in [5.74, 6) is 0.266. The van der Waals surface area contributed by atoms with Crippen molar-refractivity contribution in [3.63, 3.8) is 0 Å². The predicted octanol–water partition coefficient (Wildman–Crippen LogP) is 2.48. The molecule has 106 valence electrons. The lowest BCUT2D eigenvalue weighted by Crippen LogP contribution is -2.33. The summed E-state index contributed by atoms with van der Waals surface area (Å²) in [4.78, 5) is 0. The first-order valence-electron chi connectivity index (χ1n) is 6.92. The highest BCUT2D eigenvalue weighted by molar-refractivity contribution is 5.29. The highest BCUT2D eigenvalue weighted by Crippen LogP contribution is 2.24. The van der Waals surface area contributed by atoms with Gasteiger partial charge >= 0.3 is 0 Å². The third-order valence-electron chi connectivity index (χ3n) is 3.82. The molecule has 1 fully saturated rings. The van der Waals surface area contributed by atoms with Crippen molar-refractivity contribution < 1.29 is 14.2 Å². The van der Waals surface area contributed by atoms with E-state index >= 15 is 0 Å². The van der Waals surface area contributed by atoms with Crippen LogP contribution in [0.25, 0.3) is 0 Å². The van der Waals surface area contributed by atoms with Gasteiger partial charge in [0.2, 0.25) is 0 Å². The maximum Gasteiger partial charge on any atom is 0.165 e. The van der Waals surface area contributed by atoms with Gasteiger partial charge in [-0.05, 0) is 36.5 Å². The zero-order valence-corrected chi connectivity index (χ0v) is 11.4. The predicted molar refractivity (Wildman–Crippen MR) is 72.6 cm³/mol. The molecule has 1 saturated carbocycles. The van der Waals surface area contributed by atoms with Crippen molar-refractivity contribution in [3.05, 3.63) is 29.6 Å². The quantitative estimate of drug-likeness (QED) is 0.861. The first-order valence-corrected chi connectivity index (χ1v) is 6.92. The number of aliphatic hydroxyl groups excluding tert-OH is 1. The second-order valence-corrected chi connectivity index (χ2v) is 5.21. The number of benzene rings is 1. The van der Waals surface area contributed by atoms with Crippen molar-refractivity contribution in [2.24, 2.45) is 5.92 Å². The monoisotopic (exact) mass is 267 g/mol. The van der Waals surface area contributed by atoms with Crippen LogP contribution in [0.1, 0.15) is 31.2 Å². The number of methoxy groups -OCH3 is 1. The molecule has 3 nitrogen and oxygen atoms in total. The largest absolute Gasteiger partial charge is 0.494 e. The first kappa shape index (κ1) is 14.3. The van der Waals surface area contributed by atoms with E-state index in [1.807, 2.05) is 6.07 Å². The highest BCUT2D eigenvalue weighted by Gasteiger charge is 2.22. The number of ether oxygens (including phenoxy) is 1. The van der Waals surface area contributed by atoms with Crippen LogP contribution >= 0.6 is 0 Å². The molecule has 0 heterocycles. The average Bonchev–Trinajstić information content (AvgIpc) is 2.41. The average molecular weight is 267 g/mol. The van der Waals surface area contributed by atoms with Gasteiger partial charge in [0, 0.05) is 13.1 Å². The van der Waals surface area contributed by atoms with E-state index in [1.165, 1.54) is 19.6 Å². The van der Waals surface area contributed by atoms with E-state index in [2.05, 4.69) is 5.32 Å². The van der Waals surface area contributed by atoms with Crippen LogP contribution in [-0.4, -0.2) is 24.9 Å². The van der Waals surface area contributed by atoms with E-state index in [4.69, 9.17) is 4.74 Å². The van der Waals surface area contributed by atoms with Crippen molar-refractivity contribution in [2.75, 3.05) is 13.7 Å². The lowest BCUT2D eigenvalue weighted by Gasteiger charge is -2.27. The van der Waals surface area contributed by atoms with Gasteiger partial charge in [-0.2, -0.15) is 0 Å². The third kappa shape index (κ3) is 3.91. The van der Waals surface area contributed by atoms with Gasteiger partial charge in [-0.25, -0.2) is 4.39 Å². The molecule has 1 aromatic carbocycles. The van der Waals surface area contributed by atoms with Gasteiger partial charge in [0.15, 0.2) is 11.6 Å². The molecule has 4 heteroatoms. The summed E-state index contributed by atoms with van der Waals surface area (Å²) in [5, 5.41) is 13.2. The van der Waals surface area contributed by atoms with E-state index in [0.717, 1.165) is 31.4 Å². The number of rotatable bonds is 5. The van der Waals surface area contributed by atoms with E-state index < -0.39 is 0 Å². The number of hydrogen-bond acceptors (Lipinski definition) is 3. The molecular formula is C15H22FNO2. The van der Waals surface area contributed by atoms with Gasteiger partial charge in [0.05, 0.1) is 13.2 Å². The number of hydrogen-bond donors (Lipinski definition) is 2. The summed E-state index contributed by atoms with van der Waals surface area (Å²) in [6.07, 6.45) is 4.12. The van der Waals surface area contributed by atoms with Crippen LogP contribution in [0.5, 0.6) is 5.75 Å². The summed E-state index contributed by atoms with van der Waals surface area (Å²) in [6, 6.07) is 4.98. The molecule has 1 aliphatic carbocycles. The Morgan fingerprint density at radius 2 is 2.16 bits per heavy atom. The van der Waals surface area contributed by atoms with Gasteiger partial charge in [-0.15, -0.1) is 0 Å². The van der Waals surface area contributed by atoms with E-state index in [0.29, 0.717) is 12.5 Å². The Morgan fingerprint density at radius 3 is 2.84 bits per heavy atom. The van der Waals surface area contributed by atoms with Crippen LogP contribution < -0.4 is 10.1 Å². The van der Waals surface area contributed by atoms with Crippen LogP contribution in [0.2, 0.25) is 0 Å². The Balaban J connectivity index is 1.80. The molecule has 0 radical (unpaired) electrons. The summed E-state index contributed by atoms with van der Waals surface area (Å²) in [5.41, 5.74) is 0.892. The smallest absolute Gasteiger partial charge is 0.165 e. The van der Waals surface area contributed by atoms with Gasteiger partial charge in [-0.1, -0.05) is 18.9 Å². The first-order chi connectivity index (χ1) is 9.20. The molecule has 0 spiro atoms. The standard InChI is InChI=1S/C15H22FNO2/c1-19-15-7-6-11(8-13(15)16)9-17-10-12-4-2-3-5-14(12)18/h6-8,12,14,17-18H,2-5,9-10H2,1H3. The molecule has 0 aromatic heterocycles. The zero-order valence-electron chi connectivity index (χ0n) is 11.4. The van der Waals surface area contributed by atoms with Gasteiger partial charge in [-0.3, -0.25) is 0 Å². The third-order valence-corrected chi connectivity index (χ3v) is 3.82. The van der Waals surface area contributed by atoms with Crippen LogP contribution in [0, 0.1) is 11.7 Å². The minimum absolute atomic E-state index is 0.186. The van der Waals surface area contributed by atoms with Gasteiger partial charge in [0.1, 0.15) is 0 Å². The molecule has 0 amide bonds. The lowest BCUT2D eigenvalue weighted by molar-refractivity contribution is 0.0695. The SMILES string of the molecule is COc1ccc(CNCC2CCCCC2O)cc1F. The summed E-state index contributed by atoms with van der Waals surface area (Å²) in [6.45, 7) is 1.40. The maximum absolute atomic E-state index is 13.5. The molecule has 1 aromatic rings. The Morgan fingerprint density at radius 1 is 1.37 bits per heavy atom. The Bertz CT molecular complexity index is 411. The fourth-order valence-electron chi connectivity index (χ4n) is 2.65. The minimum atomic E-state index is -0.334. The molecule has 2 unspecified atom stereocenters. The van der Waals surface area contributed by atoms with Crippen LogP contribution in [0.4, 0.5) is 4.39 Å². The van der Waals surface area contributed by atoms with Gasteiger partial charge < -0.3 is 15.2 Å². The molecule has 0 bridgehead atoms. The van der Waals surface area contributed by atoms with Crippen LogP contribution in [-0.2, 0) is 6.54 Å². The number of aliphatic hydroxyl groups is 1.